The Labute approximate surface area is 120 Å². The lowest BCUT2D eigenvalue weighted by atomic mass is 10.2. The van der Waals surface area contributed by atoms with E-state index in [0.717, 1.165) is 24.4 Å². The van der Waals surface area contributed by atoms with Gasteiger partial charge < -0.3 is 15.2 Å². The molecule has 0 saturated heterocycles. The number of esters is 1. The van der Waals surface area contributed by atoms with Crippen molar-refractivity contribution >= 4 is 5.97 Å². The van der Waals surface area contributed by atoms with Crippen LogP contribution in [-0.4, -0.2) is 44.2 Å². The van der Waals surface area contributed by atoms with Crippen molar-refractivity contribution < 1.29 is 14.3 Å². The standard InChI is InChI=1S/C15H24N2O3/c1-3-17(9-8-15(18)19-2)10-11-20-14-7-5-4-6-13(14)12-16/h4-7H,3,8-12,16H2,1-2H3. The lowest BCUT2D eigenvalue weighted by molar-refractivity contribution is -0.141. The Bertz CT molecular complexity index is 410. The van der Waals surface area contributed by atoms with Gasteiger partial charge in [-0.25, -0.2) is 0 Å². The van der Waals surface area contributed by atoms with Crippen LogP contribution in [0.5, 0.6) is 5.75 Å². The molecule has 1 aromatic carbocycles. The van der Waals surface area contributed by atoms with Gasteiger partial charge >= 0.3 is 5.97 Å². The van der Waals surface area contributed by atoms with E-state index in [1.165, 1.54) is 7.11 Å². The van der Waals surface area contributed by atoms with Crippen molar-refractivity contribution in [2.24, 2.45) is 5.73 Å². The molecule has 0 amide bonds. The summed E-state index contributed by atoms with van der Waals surface area (Å²) >= 11 is 0. The van der Waals surface area contributed by atoms with Crippen LogP contribution >= 0.6 is 0 Å². The molecule has 1 aromatic rings. The summed E-state index contributed by atoms with van der Waals surface area (Å²) in [6.45, 7) is 5.43. The van der Waals surface area contributed by atoms with Gasteiger partial charge in [-0.05, 0) is 12.6 Å². The van der Waals surface area contributed by atoms with E-state index in [4.69, 9.17) is 10.5 Å². The topological polar surface area (TPSA) is 64.8 Å². The molecule has 0 heterocycles. The lowest BCUT2D eigenvalue weighted by Crippen LogP contribution is -2.30. The first-order valence-electron chi connectivity index (χ1n) is 6.91. The minimum atomic E-state index is -0.183. The second-order valence-electron chi connectivity index (χ2n) is 4.42. The molecule has 0 aliphatic rings. The molecule has 2 N–H and O–H groups in total. The van der Waals surface area contributed by atoms with E-state index in [1.54, 1.807) is 0 Å². The number of ether oxygens (including phenoxy) is 2. The first-order chi connectivity index (χ1) is 9.71. The first-order valence-corrected chi connectivity index (χ1v) is 6.91. The number of nitrogens with zero attached hydrogens (tertiary/aromatic N) is 1. The highest BCUT2D eigenvalue weighted by molar-refractivity contribution is 5.69. The summed E-state index contributed by atoms with van der Waals surface area (Å²) in [5, 5.41) is 0. The molecule has 0 aliphatic carbocycles. The quantitative estimate of drug-likeness (QED) is 0.693. The highest BCUT2D eigenvalue weighted by atomic mass is 16.5. The van der Waals surface area contributed by atoms with E-state index in [2.05, 4.69) is 16.6 Å². The number of hydrogen-bond donors (Lipinski definition) is 1. The minimum absolute atomic E-state index is 0.183. The Kier molecular flexibility index (Phi) is 7.69. The molecule has 0 saturated carbocycles. The largest absolute Gasteiger partial charge is 0.492 e. The number of carbonyl (C=O) groups is 1. The van der Waals surface area contributed by atoms with Crippen LogP contribution in [0.25, 0.3) is 0 Å². The summed E-state index contributed by atoms with van der Waals surface area (Å²) in [5.74, 6) is 0.650. The number of likely N-dealkylation sites (N-methyl/N-ethyl adjacent to an activating group) is 1. The lowest BCUT2D eigenvalue weighted by Gasteiger charge is -2.20. The van der Waals surface area contributed by atoms with E-state index in [0.29, 0.717) is 26.1 Å². The maximum atomic E-state index is 11.1. The van der Waals surface area contributed by atoms with Gasteiger partial charge in [-0.2, -0.15) is 0 Å². The summed E-state index contributed by atoms with van der Waals surface area (Å²) in [6, 6.07) is 7.77. The molecule has 0 unspecified atom stereocenters. The summed E-state index contributed by atoms with van der Waals surface area (Å²) in [6.07, 6.45) is 0.406. The average molecular weight is 280 g/mol. The predicted molar refractivity (Wildman–Crippen MR) is 78.6 cm³/mol. The first kappa shape index (κ1) is 16.5. The normalized spacial score (nSPS) is 10.6. The smallest absolute Gasteiger partial charge is 0.306 e. The zero-order valence-corrected chi connectivity index (χ0v) is 12.3. The fourth-order valence-electron chi connectivity index (χ4n) is 1.88. The number of nitrogens with two attached hydrogens (primary N) is 1. The summed E-state index contributed by atoms with van der Waals surface area (Å²) < 4.78 is 10.4. The summed E-state index contributed by atoms with van der Waals surface area (Å²) in [5.41, 5.74) is 6.67. The minimum Gasteiger partial charge on any atom is -0.492 e. The Morgan fingerprint density at radius 3 is 2.70 bits per heavy atom. The van der Waals surface area contributed by atoms with Crippen LogP contribution in [0.1, 0.15) is 18.9 Å². The molecule has 112 valence electrons. The van der Waals surface area contributed by atoms with Gasteiger partial charge in [0.2, 0.25) is 0 Å². The Hall–Kier alpha value is -1.59. The van der Waals surface area contributed by atoms with Crippen LogP contribution in [0.4, 0.5) is 0 Å². The van der Waals surface area contributed by atoms with Crippen molar-refractivity contribution in [2.75, 3.05) is 33.4 Å². The molecule has 0 fully saturated rings. The van der Waals surface area contributed by atoms with Crippen LogP contribution in [0.15, 0.2) is 24.3 Å². The van der Waals surface area contributed by atoms with Crippen LogP contribution in [0.2, 0.25) is 0 Å². The van der Waals surface area contributed by atoms with Gasteiger partial charge in [-0.15, -0.1) is 0 Å². The number of methoxy groups -OCH3 is 1. The second kappa shape index (κ2) is 9.34. The van der Waals surface area contributed by atoms with Gasteiger partial charge in [-0.1, -0.05) is 25.1 Å². The second-order valence-corrected chi connectivity index (χ2v) is 4.42. The number of hydrogen-bond acceptors (Lipinski definition) is 5. The molecule has 5 heteroatoms. The van der Waals surface area contributed by atoms with E-state index in [-0.39, 0.29) is 5.97 Å². The monoisotopic (exact) mass is 280 g/mol. The van der Waals surface area contributed by atoms with Gasteiger partial charge in [0.15, 0.2) is 0 Å². The maximum absolute atomic E-state index is 11.1. The van der Waals surface area contributed by atoms with Crippen molar-refractivity contribution in [3.63, 3.8) is 0 Å². The molecule has 0 aliphatic heterocycles. The molecule has 5 nitrogen and oxygen atoms in total. The molecular formula is C15H24N2O3. The fourth-order valence-corrected chi connectivity index (χ4v) is 1.88. The van der Waals surface area contributed by atoms with Crippen molar-refractivity contribution in [3.05, 3.63) is 29.8 Å². The van der Waals surface area contributed by atoms with Crippen LogP contribution in [0, 0.1) is 0 Å². The van der Waals surface area contributed by atoms with Gasteiger partial charge in [0.1, 0.15) is 12.4 Å². The zero-order chi connectivity index (χ0) is 14.8. The van der Waals surface area contributed by atoms with E-state index >= 15 is 0 Å². The summed E-state index contributed by atoms with van der Waals surface area (Å²) in [4.78, 5) is 13.3. The van der Waals surface area contributed by atoms with E-state index in [9.17, 15) is 4.79 Å². The van der Waals surface area contributed by atoms with Gasteiger partial charge in [0.25, 0.3) is 0 Å². The van der Waals surface area contributed by atoms with Crippen LogP contribution < -0.4 is 10.5 Å². The van der Waals surface area contributed by atoms with Crippen LogP contribution in [0.3, 0.4) is 0 Å². The zero-order valence-electron chi connectivity index (χ0n) is 12.3. The molecular weight excluding hydrogens is 256 g/mol. The third-order valence-electron chi connectivity index (χ3n) is 3.16. The number of para-hydroxylation sites is 1. The third kappa shape index (κ3) is 5.59. The SMILES string of the molecule is CCN(CCOc1ccccc1CN)CCC(=O)OC. The number of rotatable bonds is 9. The molecule has 0 aromatic heterocycles. The molecule has 1 rings (SSSR count). The third-order valence-corrected chi connectivity index (χ3v) is 3.16. The molecule has 0 spiro atoms. The molecule has 20 heavy (non-hydrogen) atoms. The van der Waals surface area contributed by atoms with Crippen molar-refractivity contribution in [2.45, 2.75) is 19.9 Å². The van der Waals surface area contributed by atoms with E-state index < -0.39 is 0 Å². The van der Waals surface area contributed by atoms with Crippen molar-refractivity contribution in [1.82, 2.24) is 4.90 Å². The number of benzene rings is 1. The van der Waals surface area contributed by atoms with Gasteiger partial charge in [-0.3, -0.25) is 9.69 Å². The number of carbonyl (C=O) groups excluding carboxylic acids is 1. The fraction of sp³-hybridized carbons (Fsp3) is 0.533. The highest BCUT2D eigenvalue weighted by Crippen LogP contribution is 2.16. The van der Waals surface area contributed by atoms with E-state index in [1.807, 2.05) is 24.3 Å². The van der Waals surface area contributed by atoms with Gasteiger partial charge in [0.05, 0.1) is 13.5 Å². The predicted octanol–water partition coefficient (Wildman–Crippen LogP) is 1.41. The van der Waals surface area contributed by atoms with Crippen molar-refractivity contribution in [1.29, 1.82) is 0 Å². The van der Waals surface area contributed by atoms with Gasteiger partial charge in [0, 0.05) is 25.2 Å². The van der Waals surface area contributed by atoms with Crippen LogP contribution in [-0.2, 0) is 16.1 Å². The Morgan fingerprint density at radius 2 is 2.05 bits per heavy atom. The molecule has 0 radical (unpaired) electrons. The maximum Gasteiger partial charge on any atom is 0.306 e. The molecule has 0 atom stereocenters. The summed E-state index contributed by atoms with van der Waals surface area (Å²) in [7, 11) is 1.41. The highest BCUT2D eigenvalue weighted by Gasteiger charge is 2.07. The van der Waals surface area contributed by atoms with Crippen molar-refractivity contribution in [3.8, 4) is 5.75 Å². The Morgan fingerprint density at radius 1 is 1.30 bits per heavy atom. The Balaban J connectivity index is 2.35. The average Bonchev–Trinajstić information content (AvgIpc) is 2.50. The molecule has 0 bridgehead atoms.